The minimum atomic E-state index is 0.387. The van der Waals surface area contributed by atoms with Gasteiger partial charge in [0.15, 0.2) is 0 Å². The summed E-state index contributed by atoms with van der Waals surface area (Å²) in [6.07, 6.45) is 0. The normalized spacial score (nSPS) is 20.1. The van der Waals surface area contributed by atoms with E-state index >= 15 is 0 Å². The monoisotopic (exact) mass is 345 g/mol. The van der Waals surface area contributed by atoms with Gasteiger partial charge in [0.2, 0.25) is 0 Å². The molecule has 1 atom stereocenters. The fourth-order valence-electron chi connectivity index (χ4n) is 2.72. The van der Waals surface area contributed by atoms with E-state index in [9.17, 15) is 0 Å². The van der Waals surface area contributed by atoms with Gasteiger partial charge in [0, 0.05) is 54.0 Å². The van der Waals surface area contributed by atoms with Crippen LogP contribution < -0.4 is 5.73 Å². The van der Waals surface area contributed by atoms with Crippen LogP contribution in [-0.2, 0) is 0 Å². The molecule has 1 aliphatic heterocycles. The number of hydrogen-bond donors (Lipinski definition) is 1. The summed E-state index contributed by atoms with van der Waals surface area (Å²) in [4.78, 5) is 6.49. The number of nitrogens with zero attached hydrogens (tertiary/aromatic N) is 2. The highest BCUT2D eigenvalue weighted by Crippen LogP contribution is 2.29. The van der Waals surface area contributed by atoms with E-state index in [1.807, 2.05) is 0 Å². The number of rotatable bonds is 5. The van der Waals surface area contributed by atoms with Crippen molar-refractivity contribution in [3.05, 3.63) is 20.8 Å². The first kappa shape index (κ1) is 15.4. The van der Waals surface area contributed by atoms with Crippen molar-refractivity contribution in [2.24, 2.45) is 11.7 Å². The lowest BCUT2D eigenvalue weighted by atomic mass is 10.1. The zero-order valence-electron chi connectivity index (χ0n) is 11.8. The van der Waals surface area contributed by atoms with Gasteiger partial charge in [-0.1, -0.05) is 13.8 Å². The summed E-state index contributed by atoms with van der Waals surface area (Å²) in [5.74, 6) is 0.755. The standard InChI is InChI=1S/C14H24BrN3S/c1-11(2)9-17-3-5-18(6-4-17)13(8-16)14-7-12(15)10-19-14/h7,10-11,13H,3-6,8-9,16H2,1-2H3. The molecule has 0 saturated carbocycles. The van der Waals surface area contributed by atoms with Crippen molar-refractivity contribution in [1.82, 2.24) is 9.80 Å². The highest BCUT2D eigenvalue weighted by Gasteiger charge is 2.25. The third-order valence-corrected chi connectivity index (χ3v) is 5.41. The van der Waals surface area contributed by atoms with Gasteiger partial charge in [-0.2, -0.15) is 0 Å². The maximum atomic E-state index is 6.00. The summed E-state index contributed by atoms with van der Waals surface area (Å²) in [5, 5.41) is 2.15. The number of halogens is 1. The largest absolute Gasteiger partial charge is 0.329 e. The van der Waals surface area contributed by atoms with Crippen molar-refractivity contribution >= 4 is 27.3 Å². The fourth-order valence-corrected chi connectivity index (χ4v) is 4.31. The van der Waals surface area contributed by atoms with Crippen LogP contribution >= 0.6 is 27.3 Å². The Morgan fingerprint density at radius 3 is 2.47 bits per heavy atom. The molecule has 1 unspecified atom stereocenters. The van der Waals surface area contributed by atoms with Crippen LogP contribution in [0.25, 0.3) is 0 Å². The molecule has 2 heterocycles. The van der Waals surface area contributed by atoms with Crippen molar-refractivity contribution in [3.8, 4) is 0 Å². The Hall–Kier alpha value is 0.0600. The van der Waals surface area contributed by atoms with Crippen molar-refractivity contribution in [2.75, 3.05) is 39.3 Å². The van der Waals surface area contributed by atoms with Crippen molar-refractivity contribution in [2.45, 2.75) is 19.9 Å². The van der Waals surface area contributed by atoms with Crippen LogP contribution in [0, 0.1) is 5.92 Å². The van der Waals surface area contributed by atoms with Gasteiger partial charge in [-0.25, -0.2) is 0 Å². The molecule has 0 spiro atoms. The number of nitrogens with two attached hydrogens (primary N) is 1. The van der Waals surface area contributed by atoms with Crippen LogP contribution in [0.1, 0.15) is 24.8 Å². The Balaban J connectivity index is 1.92. The van der Waals surface area contributed by atoms with Gasteiger partial charge in [-0.15, -0.1) is 11.3 Å². The molecular weight excluding hydrogens is 322 g/mol. The lowest BCUT2D eigenvalue weighted by Crippen LogP contribution is -2.49. The molecule has 5 heteroatoms. The second kappa shape index (κ2) is 7.18. The second-order valence-corrected chi connectivity index (χ2v) is 7.51. The quantitative estimate of drug-likeness (QED) is 0.890. The van der Waals surface area contributed by atoms with E-state index in [0.29, 0.717) is 12.6 Å². The van der Waals surface area contributed by atoms with Crippen LogP contribution in [0.15, 0.2) is 15.9 Å². The van der Waals surface area contributed by atoms with Gasteiger partial charge >= 0.3 is 0 Å². The molecule has 0 bridgehead atoms. The molecule has 1 aliphatic rings. The number of thiophene rings is 1. The van der Waals surface area contributed by atoms with Crippen LogP contribution in [-0.4, -0.2) is 49.1 Å². The third kappa shape index (κ3) is 4.26. The van der Waals surface area contributed by atoms with Crippen LogP contribution in [0.5, 0.6) is 0 Å². The Kier molecular flexibility index (Phi) is 5.84. The summed E-state index contributed by atoms with van der Waals surface area (Å²) < 4.78 is 1.17. The van der Waals surface area contributed by atoms with E-state index < -0.39 is 0 Å². The van der Waals surface area contributed by atoms with Gasteiger partial charge in [-0.3, -0.25) is 4.90 Å². The zero-order chi connectivity index (χ0) is 13.8. The van der Waals surface area contributed by atoms with Gasteiger partial charge in [0.25, 0.3) is 0 Å². The SMILES string of the molecule is CC(C)CN1CCN(C(CN)c2cc(Br)cs2)CC1. The summed E-state index contributed by atoms with van der Waals surface area (Å²) in [7, 11) is 0. The molecular formula is C14H24BrN3S. The highest BCUT2D eigenvalue weighted by atomic mass is 79.9. The lowest BCUT2D eigenvalue weighted by Gasteiger charge is -2.39. The van der Waals surface area contributed by atoms with Gasteiger partial charge < -0.3 is 10.6 Å². The maximum Gasteiger partial charge on any atom is 0.0565 e. The van der Waals surface area contributed by atoms with Crippen LogP contribution in [0.3, 0.4) is 0 Å². The Labute approximate surface area is 128 Å². The first-order valence-corrected chi connectivity index (χ1v) is 8.67. The minimum absolute atomic E-state index is 0.387. The first-order valence-electron chi connectivity index (χ1n) is 7.00. The minimum Gasteiger partial charge on any atom is -0.329 e. The zero-order valence-corrected chi connectivity index (χ0v) is 14.2. The van der Waals surface area contributed by atoms with Crippen LogP contribution in [0.2, 0.25) is 0 Å². The molecule has 2 N–H and O–H groups in total. The molecule has 0 aliphatic carbocycles. The van der Waals surface area contributed by atoms with Crippen molar-refractivity contribution in [1.29, 1.82) is 0 Å². The molecule has 2 rings (SSSR count). The number of hydrogen-bond acceptors (Lipinski definition) is 4. The molecule has 108 valence electrons. The summed E-state index contributed by atoms with van der Waals surface area (Å²) in [6, 6.07) is 2.60. The van der Waals surface area contributed by atoms with Gasteiger partial charge in [0.05, 0.1) is 6.04 Å². The predicted octanol–water partition coefficient (Wildman–Crippen LogP) is 2.78. The summed E-state index contributed by atoms with van der Waals surface area (Å²) in [6.45, 7) is 11.1. The number of piperazine rings is 1. The fraction of sp³-hybridized carbons (Fsp3) is 0.714. The molecule has 1 aromatic heterocycles. The topological polar surface area (TPSA) is 32.5 Å². The predicted molar refractivity (Wildman–Crippen MR) is 86.7 cm³/mol. The molecule has 3 nitrogen and oxygen atoms in total. The molecule has 1 aromatic rings. The van der Waals surface area contributed by atoms with E-state index in [1.165, 1.54) is 29.0 Å². The Morgan fingerprint density at radius 1 is 1.32 bits per heavy atom. The summed E-state index contributed by atoms with van der Waals surface area (Å²) >= 11 is 5.34. The maximum absolute atomic E-state index is 6.00. The second-order valence-electron chi connectivity index (χ2n) is 5.65. The van der Waals surface area contributed by atoms with Crippen LogP contribution in [0.4, 0.5) is 0 Å². The van der Waals surface area contributed by atoms with E-state index in [0.717, 1.165) is 19.0 Å². The smallest absolute Gasteiger partial charge is 0.0565 e. The highest BCUT2D eigenvalue weighted by molar-refractivity contribution is 9.10. The molecule has 0 amide bonds. The molecule has 0 radical (unpaired) electrons. The van der Waals surface area contributed by atoms with E-state index in [2.05, 4.69) is 51.0 Å². The lowest BCUT2D eigenvalue weighted by molar-refractivity contribution is 0.0924. The summed E-state index contributed by atoms with van der Waals surface area (Å²) in [5.41, 5.74) is 6.00. The first-order chi connectivity index (χ1) is 9.10. The molecule has 0 aromatic carbocycles. The Bertz CT molecular complexity index is 386. The van der Waals surface area contributed by atoms with Gasteiger partial charge in [-0.05, 0) is 27.9 Å². The van der Waals surface area contributed by atoms with Crippen molar-refractivity contribution in [3.63, 3.8) is 0 Å². The van der Waals surface area contributed by atoms with Crippen molar-refractivity contribution < 1.29 is 0 Å². The third-order valence-electron chi connectivity index (χ3n) is 3.61. The average Bonchev–Trinajstić information content (AvgIpc) is 2.78. The van der Waals surface area contributed by atoms with Gasteiger partial charge in [0.1, 0.15) is 0 Å². The molecule has 19 heavy (non-hydrogen) atoms. The average molecular weight is 346 g/mol. The van der Waals surface area contributed by atoms with E-state index in [-0.39, 0.29) is 0 Å². The Morgan fingerprint density at radius 2 is 2.00 bits per heavy atom. The molecule has 1 fully saturated rings. The molecule has 1 saturated heterocycles. The van der Waals surface area contributed by atoms with E-state index in [1.54, 1.807) is 11.3 Å². The van der Waals surface area contributed by atoms with E-state index in [4.69, 9.17) is 5.73 Å².